The summed E-state index contributed by atoms with van der Waals surface area (Å²) in [7, 11) is 0. The van der Waals surface area contributed by atoms with Gasteiger partial charge in [-0.15, -0.1) is 0 Å². The summed E-state index contributed by atoms with van der Waals surface area (Å²) in [6.07, 6.45) is 1.64. The summed E-state index contributed by atoms with van der Waals surface area (Å²) in [6, 6.07) is 9.42. The van der Waals surface area contributed by atoms with Crippen LogP contribution < -0.4 is 5.32 Å². The van der Waals surface area contributed by atoms with E-state index >= 15 is 0 Å². The van der Waals surface area contributed by atoms with E-state index in [0.717, 1.165) is 17.9 Å². The molecule has 1 saturated heterocycles. The molecule has 6 nitrogen and oxygen atoms in total. The van der Waals surface area contributed by atoms with Crippen LogP contribution in [-0.2, 0) is 9.53 Å². The fourth-order valence-electron chi connectivity index (χ4n) is 3.12. The maximum absolute atomic E-state index is 12.7. The van der Waals surface area contributed by atoms with Crippen LogP contribution in [-0.4, -0.2) is 46.3 Å². The molecular weight excluding hydrogens is 352 g/mol. The quantitative estimate of drug-likeness (QED) is 0.867. The van der Waals surface area contributed by atoms with Crippen LogP contribution in [0.5, 0.6) is 0 Å². The van der Waals surface area contributed by atoms with E-state index in [1.54, 1.807) is 10.9 Å². The minimum atomic E-state index is -0.260. The van der Waals surface area contributed by atoms with Gasteiger partial charge in [-0.2, -0.15) is 5.10 Å². The number of carbonyl (C=O) groups excluding carboxylic acids is 1. The first-order valence-corrected chi connectivity index (χ1v) is 9.29. The zero-order valence-corrected chi connectivity index (χ0v) is 16.1. The highest BCUT2D eigenvalue weighted by Gasteiger charge is 2.29. The number of rotatable bonds is 5. The van der Waals surface area contributed by atoms with Crippen LogP contribution in [0.1, 0.15) is 38.5 Å². The lowest BCUT2D eigenvalue weighted by Crippen LogP contribution is -2.48. The second-order valence-corrected chi connectivity index (χ2v) is 7.26. The summed E-state index contributed by atoms with van der Waals surface area (Å²) >= 11 is 5.96. The van der Waals surface area contributed by atoms with E-state index in [4.69, 9.17) is 16.3 Å². The summed E-state index contributed by atoms with van der Waals surface area (Å²) in [5, 5.41) is 7.95. The van der Waals surface area contributed by atoms with Crippen LogP contribution >= 0.6 is 11.6 Å². The Morgan fingerprint density at radius 1 is 1.27 bits per heavy atom. The number of ether oxygens (including phenoxy) is 1. The predicted octanol–water partition coefficient (Wildman–Crippen LogP) is 3.52. The van der Waals surface area contributed by atoms with E-state index in [-0.39, 0.29) is 24.1 Å². The normalized spacial score (nSPS) is 19.5. The molecule has 1 aliphatic heterocycles. The molecule has 1 unspecified atom stereocenters. The number of hydrogen-bond donors (Lipinski definition) is 1. The van der Waals surface area contributed by atoms with Crippen LogP contribution in [0.2, 0.25) is 5.02 Å². The Balaban J connectivity index is 1.64. The van der Waals surface area contributed by atoms with Gasteiger partial charge in [0.05, 0.1) is 24.9 Å². The van der Waals surface area contributed by atoms with Gasteiger partial charge in [-0.3, -0.25) is 9.69 Å². The molecule has 0 spiro atoms. The summed E-state index contributed by atoms with van der Waals surface area (Å²) in [4.78, 5) is 14.9. The van der Waals surface area contributed by atoms with E-state index in [1.807, 2.05) is 51.1 Å². The van der Waals surface area contributed by atoms with Crippen molar-refractivity contribution < 1.29 is 9.53 Å². The van der Waals surface area contributed by atoms with E-state index < -0.39 is 0 Å². The van der Waals surface area contributed by atoms with Crippen LogP contribution in [0.3, 0.4) is 0 Å². The van der Waals surface area contributed by atoms with Crippen molar-refractivity contribution in [3.05, 3.63) is 47.1 Å². The highest BCUT2D eigenvalue weighted by molar-refractivity contribution is 6.30. The van der Waals surface area contributed by atoms with Crippen LogP contribution in [0.25, 0.3) is 0 Å². The van der Waals surface area contributed by atoms with Gasteiger partial charge in [0.25, 0.3) is 0 Å². The summed E-state index contributed by atoms with van der Waals surface area (Å²) in [5.74, 6) is 0.684. The first-order valence-electron chi connectivity index (χ1n) is 8.91. The molecule has 0 radical (unpaired) electrons. The number of halogens is 1. The smallest absolute Gasteiger partial charge is 0.242 e. The van der Waals surface area contributed by atoms with Crippen molar-refractivity contribution in [2.24, 2.45) is 0 Å². The van der Waals surface area contributed by atoms with Crippen molar-refractivity contribution in [2.75, 3.05) is 25.0 Å². The Kier molecular flexibility index (Phi) is 5.96. The van der Waals surface area contributed by atoms with Gasteiger partial charge in [-0.1, -0.05) is 23.7 Å². The van der Waals surface area contributed by atoms with Crippen LogP contribution in [0.15, 0.2) is 36.5 Å². The molecule has 140 valence electrons. The minimum Gasteiger partial charge on any atom is -0.371 e. The molecule has 1 amide bonds. The molecule has 2 aromatic rings. The van der Waals surface area contributed by atoms with Gasteiger partial charge in [0.1, 0.15) is 5.82 Å². The fraction of sp³-hybridized carbons (Fsp3) is 0.474. The number of benzene rings is 1. The lowest BCUT2D eigenvalue weighted by Gasteiger charge is -2.36. The molecule has 0 aliphatic carbocycles. The Hall–Kier alpha value is -1.89. The van der Waals surface area contributed by atoms with Gasteiger partial charge in [0.15, 0.2) is 0 Å². The molecule has 26 heavy (non-hydrogen) atoms. The van der Waals surface area contributed by atoms with Crippen molar-refractivity contribution in [3.8, 4) is 0 Å². The maximum atomic E-state index is 12.7. The lowest BCUT2D eigenvalue weighted by atomic mass is 10.1. The van der Waals surface area contributed by atoms with Crippen LogP contribution in [0.4, 0.5) is 5.82 Å². The molecule has 1 fully saturated rings. The van der Waals surface area contributed by atoms with E-state index in [0.29, 0.717) is 18.2 Å². The number of morpholine rings is 1. The number of hydrogen-bond acceptors (Lipinski definition) is 4. The highest BCUT2D eigenvalue weighted by atomic mass is 35.5. The van der Waals surface area contributed by atoms with Gasteiger partial charge in [-0.05, 0) is 38.5 Å². The lowest BCUT2D eigenvalue weighted by molar-refractivity contribution is -0.124. The molecule has 1 N–H and O–H groups in total. The number of nitrogens with one attached hydrogen (secondary N) is 1. The average Bonchev–Trinajstić information content (AvgIpc) is 3.10. The predicted molar refractivity (Wildman–Crippen MR) is 102 cm³/mol. The summed E-state index contributed by atoms with van der Waals surface area (Å²) < 4.78 is 7.70. The molecule has 2 heterocycles. The summed E-state index contributed by atoms with van der Waals surface area (Å²) in [6.45, 7) is 7.97. The van der Waals surface area contributed by atoms with E-state index in [2.05, 4.69) is 15.3 Å². The zero-order valence-electron chi connectivity index (χ0n) is 15.4. The van der Waals surface area contributed by atoms with E-state index in [1.165, 1.54) is 0 Å². The SMILES string of the molecule is CC(C(=O)Nc1ccnn1C(C)C)N1CCO[C@H](c2ccc(Cl)cc2)C1. The first-order chi connectivity index (χ1) is 12.5. The van der Waals surface area contributed by atoms with Crippen molar-refractivity contribution in [2.45, 2.75) is 39.0 Å². The van der Waals surface area contributed by atoms with Gasteiger partial charge in [0, 0.05) is 30.2 Å². The maximum Gasteiger partial charge on any atom is 0.242 e. The third-order valence-electron chi connectivity index (χ3n) is 4.68. The molecule has 1 aliphatic rings. The molecule has 0 bridgehead atoms. The largest absolute Gasteiger partial charge is 0.371 e. The number of carbonyl (C=O) groups is 1. The average molecular weight is 377 g/mol. The number of anilines is 1. The first kappa shape index (κ1) is 18.9. The zero-order chi connectivity index (χ0) is 18.7. The third kappa shape index (κ3) is 4.26. The molecule has 7 heteroatoms. The Morgan fingerprint density at radius 2 is 2.00 bits per heavy atom. The summed E-state index contributed by atoms with van der Waals surface area (Å²) in [5.41, 5.74) is 1.07. The van der Waals surface area contributed by atoms with Crippen molar-refractivity contribution in [1.82, 2.24) is 14.7 Å². The van der Waals surface area contributed by atoms with Gasteiger partial charge in [-0.25, -0.2) is 4.68 Å². The highest BCUT2D eigenvalue weighted by Crippen LogP contribution is 2.25. The molecule has 1 aromatic carbocycles. The monoisotopic (exact) mass is 376 g/mol. The third-order valence-corrected chi connectivity index (χ3v) is 4.93. The Bertz CT molecular complexity index is 744. The standard InChI is InChI=1S/C19H25ClN4O2/c1-13(2)24-18(8-9-21-24)22-19(25)14(3)23-10-11-26-17(12-23)15-4-6-16(20)7-5-15/h4-9,13-14,17H,10-12H2,1-3H3,(H,22,25)/t14?,17-/m0/s1. The number of nitrogens with zero attached hydrogens (tertiary/aromatic N) is 3. The second kappa shape index (κ2) is 8.20. The Labute approximate surface area is 159 Å². The Morgan fingerprint density at radius 3 is 2.69 bits per heavy atom. The number of amides is 1. The van der Waals surface area contributed by atoms with Crippen molar-refractivity contribution >= 4 is 23.3 Å². The van der Waals surface area contributed by atoms with Gasteiger partial charge in [0.2, 0.25) is 5.91 Å². The minimum absolute atomic E-state index is 0.0378. The molecule has 3 rings (SSSR count). The topological polar surface area (TPSA) is 59.4 Å². The fourth-order valence-corrected chi connectivity index (χ4v) is 3.25. The van der Waals surface area contributed by atoms with Gasteiger partial charge >= 0.3 is 0 Å². The van der Waals surface area contributed by atoms with Crippen LogP contribution in [0, 0.1) is 0 Å². The molecule has 1 aromatic heterocycles. The second-order valence-electron chi connectivity index (χ2n) is 6.83. The van der Waals surface area contributed by atoms with Gasteiger partial charge < -0.3 is 10.1 Å². The molecular formula is C19H25ClN4O2. The van der Waals surface area contributed by atoms with Crippen molar-refractivity contribution in [3.63, 3.8) is 0 Å². The number of aromatic nitrogens is 2. The van der Waals surface area contributed by atoms with E-state index in [9.17, 15) is 4.79 Å². The van der Waals surface area contributed by atoms with Crippen molar-refractivity contribution in [1.29, 1.82) is 0 Å². The molecule has 2 atom stereocenters. The molecule has 0 saturated carbocycles.